The maximum atomic E-state index is 6.16. The Labute approximate surface area is 173 Å². The fourth-order valence-electron chi connectivity index (χ4n) is 5.15. The predicted molar refractivity (Wildman–Crippen MR) is 113 cm³/mol. The minimum absolute atomic E-state index is 0.406. The molecule has 29 heavy (non-hydrogen) atoms. The first-order valence-electron chi connectivity index (χ1n) is 11.1. The molecule has 2 fully saturated rings. The fraction of sp³-hybridized carbons (Fsp3) is 0.542. The normalized spacial score (nSPS) is 24.8. The van der Waals surface area contributed by atoms with E-state index in [1.807, 2.05) is 12.4 Å². The third-order valence-electron chi connectivity index (χ3n) is 6.65. The molecule has 0 bridgehead atoms. The van der Waals surface area contributed by atoms with Crippen molar-refractivity contribution in [3.05, 3.63) is 59.4 Å². The van der Waals surface area contributed by atoms with E-state index in [9.17, 15) is 0 Å². The van der Waals surface area contributed by atoms with E-state index >= 15 is 0 Å². The van der Waals surface area contributed by atoms with Crippen molar-refractivity contribution < 1.29 is 9.47 Å². The van der Waals surface area contributed by atoms with Crippen LogP contribution in [0.5, 0.6) is 5.75 Å². The number of benzene rings is 1. The number of nitrogens with zero attached hydrogens (tertiary/aromatic N) is 3. The van der Waals surface area contributed by atoms with E-state index in [-0.39, 0.29) is 0 Å². The number of fused-ring (bicyclic) bond motifs is 3. The Kier molecular flexibility index (Phi) is 5.79. The molecule has 0 saturated carbocycles. The molecule has 154 valence electrons. The molecule has 0 unspecified atom stereocenters. The highest BCUT2D eigenvalue weighted by Gasteiger charge is 2.36. The molecule has 1 aromatic carbocycles. The second-order valence-corrected chi connectivity index (χ2v) is 8.44. The molecule has 4 heterocycles. The molecule has 2 saturated heterocycles. The predicted octanol–water partition coefficient (Wildman–Crippen LogP) is 3.47. The summed E-state index contributed by atoms with van der Waals surface area (Å²) in [5.74, 6) is 1.42. The van der Waals surface area contributed by atoms with Gasteiger partial charge in [-0.2, -0.15) is 0 Å². The van der Waals surface area contributed by atoms with Crippen LogP contribution < -0.4 is 4.74 Å². The molecule has 2 atom stereocenters. The molecule has 0 amide bonds. The van der Waals surface area contributed by atoms with Crippen LogP contribution >= 0.6 is 0 Å². The van der Waals surface area contributed by atoms with Crippen LogP contribution in [0.25, 0.3) is 0 Å². The van der Waals surface area contributed by atoms with E-state index in [4.69, 9.17) is 9.47 Å². The van der Waals surface area contributed by atoms with Crippen LogP contribution in [0.3, 0.4) is 0 Å². The van der Waals surface area contributed by atoms with Crippen molar-refractivity contribution in [1.82, 2.24) is 14.8 Å². The number of pyridine rings is 1. The van der Waals surface area contributed by atoms with Gasteiger partial charge < -0.3 is 9.47 Å². The van der Waals surface area contributed by atoms with Crippen LogP contribution in [-0.4, -0.2) is 67.3 Å². The van der Waals surface area contributed by atoms with Gasteiger partial charge in [-0.25, -0.2) is 0 Å². The molecule has 0 spiro atoms. The van der Waals surface area contributed by atoms with Gasteiger partial charge in [0.05, 0.1) is 19.8 Å². The number of aromatic nitrogens is 1. The topological polar surface area (TPSA) is 37.8 Å². The van der Waals surface area contributed by atoms with Crippen LogP contribution in [0.15, 0.2) is 42.7 Å². The van der Waals surface area contributed by atoms with Gasteiger partial charge in [0.2, 0.25) is 0 Å². The molecule has 1 aromatic heterocycles. The lowest BCUT2D eigenvalue weighted by atomic mass is 9.82. The summed E-state index contributed by atoms with van der Waals surface area (Å²) in [5.41, 5.74) is 4.24. The Morgan fingerprint density at radius 2 is 2.03 bits per heavy atom. The lowest BCUT2D eigenvalue weighted by molar-refractivity contribution is 0.0358. The summed E-state index contributed by atoms with van der Waals surface area (Å²) >= 11 is 0. The maximum absolute atomic E-state index is 6.16. The second-order valence-electron chi connectivity index (χ2n) is 8.44. The highest BCUT2D eigenvalue weighted by molar-refractivity contribution is 5.46. The Morgan fingerprint density at radius 1 is 1.10 bits per heavy atom. The lowest BCUT2D eigenvalue weighted by Gasteiger charge is -2.37. The van der Waals surface area contributed by atoms with Gasteiger partial charge in [-0.3, -0.25) is 14.8 Å². The van der Waals surface area contributed by atoms with Crippen molar-refractivity contribution in [2.45, 2.75) is 31.2 Å². The van der Waals surface area contributed by atoms with Crippen molar-refractivity contribution in [3.8, 4) is 5.75 Å². The molecule has 0 N–H and O–H groups in total. The minimum Gasteiger partial charge on any atom is -0.494 e. The Bertz CT molecular complexity index is 807. The Morgan fingerprint density at radius 3 is 2.90 bits per heavy atom. The first kappa shape index (κ1) is 19.0. The van der Waals surface area contributed by atoms with E-state index in [2.05, 4.69) is 45.1 Å². The van der Waals surface area contributed by atoms with Gasteiger partial charge in [0.1, 0.15) is 5.75 Å². The molecule has 0 aliphatic carbocycles. The van der Waals surface area contributed by atoms with Crippen LogP contribution in [0.1, 0.15) is 47.9 Å². The second kappa shape index (κ2) is 8.82. The van der Waals surface area contributed by atoms with Gasteiger partial charge >= 0.3 is 0 Å². The summed E-state index contributed by atoms with van der Waals surface area (Å²) < 4.78 is 11.6. The zero-order valence-electron chi connectivity index (χ0n) is 17.1. The highest BCUT2D eigenvalue weighted by atomic mass is 16.5. The van der Waals surface area contributed by atoms with E-state index < -0.39 is 0 Å². The van der Waals surface area contributed by atoms with Crippen molar-refractivity contribution in [2.75, 3.05) is 52.5 Å². The third-order valence-corrected chi connectivity index (χ3v) is 6.65. The summed E-state index contributed by atoms with van der Waals surface area (Å²) in [7, 11) is 0. The average molecular weight is 394 g/mol. The van der Waals surface area contributed by atoms with E-state index in [0.29, 0.717) is 12.0 Å². The van der Waals surface area contributed by atoms with Crippen LogP contribution in [-0.2, 0) is 4.74 Å². The van der Waals surface area contributed by atoms with Gasteiger partial charge in [0.15, 0.2) is 0 Å². The summed E-state index contributed by atoms with van der Waals surface area (Å²) in [5, 5.41) is 0. The van der Waals surface area contributed by atoms with Gasteiger partial charge in [-0.15, -0.1) is 0 Å². The monoisotopic (exact) mass is 393 g/mol. The fourth-order valence-corrected chi connectivity index (χ4v) is 5.15. The standard InChI is InChI=1S/C24H31N3O2/c1-4-19(17-25-8-1)23-18-27-10-2-5-24(27)22-16-20(6-7-21(22)23)29-13-3-9-26-11-14-28-15-12-26/h1,4,6-8,16-17,23-24H,2-3,5,9-15,18H2/t23-,24+/m1/s1. The number of morpholine rings is 1. The zero-order valence-corrected chi connectivity index (χ0v) is 17.1. The summed E-state index contributed by atoms with van der Waals surface area (Å²) in [4.78, 5) is 9.49. The molecular formula is C24H31N3O2. The summed E-state index contributed by atoms with van der Waals surface area (Å²) in [6.45, 7) is 7.99. The van der Waals surface area contributed by atoms with Gasteiger partial charge in [-0.1, -0.05) is 12.1 Å². The number of ether oxygens (including phenoxy) is 2. The smallest absolute Gasteiger partial charge is 0.119 e. The average Bonchev–Trinajstić information content (AvgIpc) is 3.26. The van der Waals surface area contributed by atoms with Crippen molar-refractivity contribution in [2.24, 2.45) is 0 Å². The van der Waals surface area contributed by atoms with E-state index in [1.54, 1.807) is 0 Å². The Hall–Kier alpha value is -1.95. The maximum Gasteiger partial charge on any atom is 0.119 e. The molecule has 5 rings (SSSR count). The number of rotatable bonds is 6. The summed E-state index contributed by atoms with van der Waals surface area (Å²) in [6.07, 6.45) is 7.49. The molecule has 0 radical (unpaired) electrons. The van der Waals surface area contributed by atoms with Gasteiger partial charge in [-0.05, 0) is 60.7 Å². The van der Waals surface area contributed by atoms with Crippen LogP contribution in [0.4, 0.5) is 0 Å². The van der Waals surface area contributed by atoms with Crippen molar-refractivity contribution in [1.29, 1.82) is 0 Å². The zero-order chi connectivity index (χ0) is 19.5. The number of hydrogen-bond donors (Lipinski definition) is 0. The minimum atomic E-state index is 0.406. The van der Waals surface area contributed by atoms with Crippen LogP contribution in [0, 0.1) is 0 Å². The SMILES string of the molecule is c1cncc([C@H]2CN3CCC[C@H]3c3cc(OCCCN4CCOCC4)ccc32)c1. The van der Waals surface area contributed by atoms with Gasteiger partial charge in [0.25, 0.3) is 0 Å². The van der Waals surface area contributed by atoms with E-state index in [0.717, 1.165) is 58.2 Å². The van der Waals surface area contributed by atoms with Gasteiger partial charge in [0, 0.05) is 50.5 Å². The number of hydrogen-bond acceptors (Lipinski definition) is 5. The summed E-state index contributed by atoms with van der Waals surface area (Å²) in [6, 6.07) is 11.6. The molecule has 3 aliphatic rings. The lowest BCUT2D eigenvalue weighted by Crippen LogP contribution is -2.37. The molecule has 3 aliphatic heterocycles. The van der Waals surface area contributed by atoms with Crippen molar-refractivity contribution >= 4 is 0 Å². The third kappa shape index (κ3) is 4.18. The first-order valence-corrected chi connectivity index (χ1v) is 11.1. The molecule has 5 nitrogen and oxygen atoms in total. The molecule has 5 heteroatoms. The van der Waals surface area contributed by atoms with Crippen molar-refractivity contribution in [3.63, 3.8) is 0 Å². The molecular weight excluding hydrogens is 362 g/mol. The quantitative estimate of drug-likeness (QED) is 0.703. The largest absolute Gasteiger partial charge is 0.494 e. The van der Waals surface area contributed by atoms with E-state index in [1.165, 1.54) is 36.1 Å². The highest BCUT2D eigenvalue weighted by Crippen LogP contribution is 2.45. The Balaban J connectivity index is 1.29. The first-order chi connectivity index (χ1) is 14.4. The molecule has 2 aromatic rings. The van der Waals surface area contributed by atoms with Crippen LogP contribution in [0.2, 0.25) is 0 Å².